The minimum absolute atomic E-state index is 0.686. The summed E-state index contributed by atoms with van der Waals surface area (Å²) in [5.41, 5.74) is 0. The Hall–Kier alpha value is -0.310. The molecule has 2 nitrogen and oxygen atoms in total. The zero-order valence-electron chi connectivity index (χ0n) is 7.96. The molecule has 1 aliphatic rings. The third-order valence-electron chi connectivity index (χ3n) is 2.88. The summed E-state index contributed by atoms with van der Waals surface area (Å²) < 4.78 is 3.47. The van der Waals surface area contributed by atoms with Crippen molar-refractivity contribution in [1.29, 1.82) is 0 Å². The van der Waals surface area contributed by atoms with Gasteiger partial charge >= 0.3 is 0 Å². The highest BCUT2D eigenvalue weighted by Gasteiger charge is 2.18. The number of nitrogens with zero attached hydrogens (tertiary/aromatic N) is 2. The maximum Gasteiger partial charge on any atom is 0.106 e. The molecule has 1 aliphatic carbocycles. The van der Waals surface area contributed by atoms with E-state index in [-0.39, 0.29) is 0 Å². The van der Waals surface area contributed by atoms with E-state index in [1.54, 1.807) is 0 Å². The number of hydrogen-bond acceptors (Lipinski definition) is 1. The molecule has 0 bridgehead atoms. The lowest BCUT2D eigenvalue weighted by Crippen LogP contribution is -2.14. The van der Waals surface area contributed by atoms with Crippen molar-refractivity contribution < 1.29 is 0 Å². The van der Waals surface area contributed by atoms with E-state index in [1.165, 1.54) is 32.1 Å². The third kappa shape index (κ3) is 1.80. The summed E-state index contributed by atoms with van der Waals surface area (Å²) in [6.45, 7) is 2.08. The number of hydrogen-bond donors (Lipinski definition) is 0. The van der Waals surface area contributed by atoms with Gasteiger partial charge in [0.2, 0.25) is 0 Å². The van der Waals surface area contributed by atoms with Gasteiger partial charge in [-0.3, -0.25) is 0 Å². The predicted molar refractivity (Wildman–Crippen MR) is 56.8 cm³/mol. The molecular formula is C10H15BrN2. The zero-order chi connectivity index (χ0) is 9.26. The fraction of sp³-hybridized carbons (Fsp3) is 0.700. The molecule has 3 heteroatoms. The Kier molecular flexibility index (Phi) is 2.72. The molecule has 0 amide bonds. The molecule has 13 heavy (non-hydrogen) atoms. The van der Waals surface area contributed by atoms with Crippen LogP contribution in [-0.4, -0.2) is 9.55 Å². The quantitative estimate of drug-likeness (QED) is 0.738. The van der Waals surface area contributed by atoms with Gasteiger partial charge in [0.25, 0.3) is 0 Å². The molecule has 1 saturated carbocycles. The topological polar surface area (TPSA) is 17.8 Å². The molecule has 0 radical (unpaired) electrons. The molecule has 0 saturated heterocycles. The average Bonchev–Trinajstić information content (AvgIpc) is 2.48. The minimum atomic E-state index is 0.686. The molecule has 0 unspecified atom stereocenters. The number of rotatable bonds is 1. The van der Waals surface area contributed by atoms with Gasteiger partial charge in [-0.1, -0.05) is 19.3 Å². The lowest BCUT2D eigenvalue weighted by molar-refractivity contribution is 0.344. The van der Waals surface area contributed by atoms with Gasteiger partial charge in [0.05, 0.1) is 6.20 Å². The molecule has 0 spiro atoms. The molecule has 1 aromatic rings. The van der Waals surface area contributed by atoms with E-state index in [2.05, 4.69) is 32.4 Å². The lowest BCUT2D eigenvalue weighted by atomic mass is 9.95. The van der Waals surface area contributed by atoms with Crippen molar-refractivity contribution in [2.75, 3.05) is 0 Å². The van der Waals surface area contributed by atoms with Gasteiger partial charge in [-0.2, -0.15) is 0 Å². The van der Waals surface area contributed by atoms with Crippen LogP contribution >= 0.6 is 15.9 Å². The van der Waals surface area contributed by atoms with Crippen LogP contribution in [0, 0.1) is 6.92 Å². The van der Waals surface area contributed by atoms with Crippen LogP contribution in [0.1, 0.15) is 44.0 Å². The Labute approximate surface area is 87.5 Å². The van der Waals surface area contributed by atoms with Crippen LogP contribution in [0.25, 0.3) is 0 Å². The monoisotopic (exact) mass is 242 g/mol. The summed E-state index contributed by atoms with van der Waals surface area (Å²) in [5, 5.41) is 0. The highest BCUT2D eigenvalue weighted by Crippen LogP contribution is 2.31. The number of halogens is 1. The minimum Gasteiger partial charge on any atom is -0.320 e. The largest absolute Gasteiger partial charge is 0.320 e. The summed E-state index contributed by atoms with van der Waals surface area (Å²) in [7, 11) is 0. The fourth-order valence-corrected chi connectivity index (χ4v) is 2.85. The molecule has 0 atom stereocenters. The second-order valence-electron chi connectivity index (χ2n) is 3.79. The van der Waals surface area contributed by atoms with Gasteiger partial charge in [-0.05, 0) is 35.7 Å². The van der Waals surface area contributed by atoms with E-state index in [4.69, 9.17) is 0 Å². The van der Waals surface area contributed by atoms with Crippen LogP contribution < -0.4 is 0 Å². The lowest BCUT2D eigenvalue weighted by Gasteiger charge is -2.24. The molecule has 1 fully saturated rings. The second kappa shape index (κ2) is 3.82. The smallest absolute Gasteiger partial charge is 0.106 e. The summed E-state index contributed by atoms with van der Waals surface area (Å²) in [6, 6.07) is 0.686. The van der Waals surface area contributed by atoms with Crippen molar-refractivity contribution >= 4 is 15.9 Å². The van der Waals surface area contributed by atoms with Crippen LogP contribution in [0.5, 0.6) is 0 Å². The molecular weight excluding hydrogens is 228 g/mol. The van der Waals surface area contributed by atoms with Crippen molar-refractivity contribution in [3.05, 3.63) is 16.6 Å². The summed E-state index contributed by atoms with van der Waals surface area (Å²) >= 11 is 3.55. The average molecular weight is 243 g/mol. The number of aromatic nitrogens is 2. The summed E-state index contributed by atoms with van der Waals surface area (Å²) in [5.74, 6) is 1.14. The van der Waals surface area contributed by atoms with Crippen LogP contribution in [-0.2, 0) is 0 Å². The van der Waals surface area contributed by atoms with Gasteiger partial charge in [0, 0.05) is 6.04 Å². The summed E-state index contributed by atoms with van der Waals surface area (Å²) in [6.07, 6.45) is 8.68. The van der Waals surface area contributed by atoms with Gasteiger partial charge < -0.3 is 4.57 Å². The third-order valence-corrected chi connectivity index (χ3v) is 3.46. The van der Waals surface area contributed by atoms with E-state index in [0.717, 1.165) is 10.4 Å². The zero-order valence-corrected chi connectivity index (χ0v) is 9.55. The van der Waals surface area contributed by atoms with Gasteiger partial charge in [-0.25, -0.2) is 4.98 Å². The van der Waals surface area contributed by atoms with E-state index < -0.39 is 0 Å². The number of aryl methyl sites for hydroxylation is 1. The van der Waals surface area contributed by atoms with E-state index in [9.17, 15) is 0 Å². The van der Waals surface area contributed by atoms with Crippen molar-refractivity contribution in [3.8, 4) is 0 Å². The predicted octanol–water partition coefficient (Wildman–Crippen LogP) is 3.46. The van der Waals surface area contributed by atoms with Crippen LogP contribution in [0.2, 0.25) is 0 Å². The van der Waals surface area contributed by atoms with Crippen LogP contribution in [0.3, 0.4) is 0 Å². The molecule has 2 rings (SSSR count). The van der Waals surface area contributed by atoms with Gasteiger partial charge in [-0.15, -0.1) is 0 Å². The standard InChI is InChI=1S/C10H15BrN2/c1-8-12-7-10(11)13(8)9-5-3-2-4-6-9/h7,9H,2-6H2,1H3. The molecule has 1 aromatic heterocycles. The first-order chi connectivity index (χ1) is 6.29. The van der Waals surface area contributed by atoms with Crippen LogP contribution in [0.4, 0.5) is 0 Å². The van der Waals surface area contributed by atoms with Crippen molar-refractivity contribution in [2.45, 2.75) is 45.1 Å². The van der Waals surface area contributed by atoms with E-state index in [1.807, 2.05) is 6.20 Å². The molecule has 72 valence electrons. The van der Waals surface area contributed by atoms with Crippen molar-refractivity contribution in [2.24, 2.45) is 0 Å². The van der Waals surface area contributed by atoms with E-state index in [0.29, 0.717) is 6.04 Å². The highest BCUT2D eigenvalue weighted by atomic mass is 79.9. The maximum atomic E-state index is 4.31. The fourth-order valence-electron chi connectivity index (χ4n) is 2.20. The van der Waals surface area contributed by atoms with Crippen molar-refractivity contribution in [3.63, 3.8) is 0 Å². The first-order valence-electron chi connectivity index (χ1n) is 4.98. The first-order valence-corrected chi connectivity index (χ1v) is 5.77. The Morgan fingerprint density at radius 1 is 1.38 bits per heavy atom. The van der Waals surface area contributed by atoms with Crippen LogP contribution in [0.15, 0.2) is 10.8 Å². The van der Waals surface area contributed by atoms with Gasteiger partial charge in [0.15, 0.2) is 0 Å². The van der Waals surface area contributed by atoms with E-state index >= 15 is 0 Å². The Bertz CT molecular complexity index is 268. The molecule has 0 N–H and O–H groups in total. The van der Waals surface area contributed by atoms with Gasteiger partial charge in [0.1, 0.15) is 10.4 Å². The molecule has 0 aliphatic heterocycles. The van der Waals surface area contributed by atoms with Crippen molar-refractivity contribution in [1.82, 2.24) is 9.55 Å². The highest BCUT2D eigenvalue weighted by molar-refractivity contribution is 9.10. The molecule has 1 heterocycles. The molecule has 0 aromatic carbocycles. The number of imidazole rings is 1. The SMILES string of the molecule is Cc1ncc(Br)n1C1CCCCC1. The second-order valence-corrected chi connectivity index (χ2v) is 4.60. The first kappa shape index (κ1) is 9.25. The Morgan fingerprint density at radius 3 is 2.62 bits per heavy atom. The Balaban J connectivity index is 2.22. The normalized spacial score (nSPS) is 19.2. The summed E-state index contributed by atoms with van der Waals surface area (Å²) in [4.78, 5) is 4.31. The Morgan fingerprint density at radius 2 is 2.08 bits per heavy atom. The maximum absolute atomic E-state index is 4.31.